The summed E-state index contributed by atoms with van der Waals surface area (Å²) in [5, 5.41) is 6.57. The molecule has 0 saturated carbocycles. The van der Waals surface area contributed by atoms with E-state index in [-0.39, 0.29) is 11.9 Å². The van der Waals surface area contributed by atoms with Crippen LogP contribution in [0.5, 0.6) is 0 Å². The van der Waals surface area contributed by atoms with Gasteiger partial charge in [-0.25, -0.2) is 4.39 Å². The van der Waals surface area contributed by atoms with Crippen LogP contribution >= 0.6 is 11.3 Å². The van der Waals surface area contributed by atoms with E-state index in [4.69, 9.17) is 0 Å². The van der Waals surface area contributed by atoms with Crippen LogP contribution in [-0.2, 0) is 0 Å². The van der Waals surface area contributed by atoms with Crippen LogP contribution < -0.4 is 5.43 Å². The number of benzene rings is 2. The van der Waals surface area contributed by atoms with Gasteiger partial charge in [0.05, 0.1) is 11.8 Å². The van der Waals surface area contributed by atoms with Crippen molar-refractivity contribution in [3.63, 3.8) is 0 Å². The monoisotopic (exact) mass is 322 g/mol. The number of hydrogen-bond acceptors (Lipinski definition) is 3. The maximum Gasteiger partial charge on any atom is 0.123 e. The first-order valence-electron chi connectivity index (χ1n) is 7.51. The van der Waals surface area contributed by atoms with E-state index in [0.29, 0.717) is 0 Å². The van der Waals surface area contributed by atoms with E-state index in [1.54, 1.807) is 23.5 Å². The quantitative estimate of drug-likeness (QED) is 0.721. The maximum absolute atomic E-state index is 13.0. The third-order valence-corrected chi connectivity index (χ3v) is 5.02. The number of thiophene rings is 1. The van der Waals surface area contributed by atoms with Crippen LogP contribution in [0.3, 0.4) is 0 Å². The topological polar surface area (TPSA) is 24.4 Å². The van der Waals surface area contributed by atoms with Gasteiger partial charge in [-0.3, -0.25) is 0 Å². The summed E-state index contributed by atoms with van der Waals surface area (Å²) in [5.74, 6) is -0.212. The molecule has 1 aromatic heterocycles. The van der Waals surface area contributed by atoms with E-state index in [2.05, 4.69) is 52.3 Å². The third-order valence-electron chi connectivity index (χ3n) is 4.04. The summed E-state index contributed by atoms with van der Waals surface area (Å²) in [7, 11) is 0. The Balaban J connectivity index is 1.51. The van der Waals surface area contributed by atoms with Gasteiger partial charge in [0, 0.05) is 11.3 Å². The van der Waals surface area contributed by atoms with E-state index >= 15 is 0 Å². The number of rotatable bonds is 3. The normalized spacial score (nSPS) is 16.9. The van der Waals surface area contributed by atoms with Gasteiger partial charge in [0.2, 0.25) is 0 Å². The summed E-state index contributed by atoms with van der Waals surface area (Å²) in [6.45, 7) is 0. The molecule has 4 rings (SSSR count). The zero-order valence-electron chi connectivity index (χ0n) is 12.4. The molecule has 1 unspecified atom stereocenters. The molecule has 3 aromatic rings. The second-order valence-electron chi connectivity index (χ2n) is 5.54. The lowest BCUT2D eigenvalue weighted by atomic mass is 9.99. The lowest BCUT2D eigenvalue weighted by Gasteiger charge is -2.07. The number of hydrazone groups is 1. The van der Waals surface area contributed by atoms with Crippen molar-refractivity contribution in [3.05, 3.63) is 82.3 Å². The zero-order chi connectivity index (χ0) is 15.6. The molecule has 0 bridgehead atoms. The lowest BCUT2D eigenvalue weighted by molar-refractivity contribution is 0.628. The van der Waals surface area contributed by atoms with Crippen LogP contribution in [0.1, 0.15) is 22.9 Å². The summed E-state index contributed by atoms with van der Waals surface area (Å²) < 4.78 is 13.0. The second-order valence-corrected chi connectivity index (χ2v) is 6.52. The lowest BCUT2D eigenvalue weighted by Crippen LogP contribution is -2.07. The molecule has 1 atom stereocenters. The molecule has 114 valence electrons. The Morgan fingerprint density at radius 3 is 2.22 bits per heavy atom. The molecular weight excluding hydrogens is 307 g/mol. The van der Waals surface area contributed by atoms with Crippen molar-refractivity contribution in [2.75, 3.05) is 0 Å². The highest BCUT2D eigenvalue weighted by Crippen LogP contribution is 2.28. The van der Waals surface area contributed by atoms with Gasteiger partial charge in [0.1, 0.15) is 5.82 Å². The van der Waals surface area contributed by atoms with E-state index in [1.807, 2.05) is 0 Å². The zero-order valence-corrected chi connectivity index (χ0v) is 13.2. The van der Waals surface area contributed by atoms with Crippen molar-refractivity contribution in [3.8, 4) is 11.1 Å². The fraction of sp³-hybridized carbons (Fsp3) is 0.105. The number of hydrogen-bond donors (Lipinski definition) is 1. The Hall–Kier alpha value is -2.46. The predicted molar refractivity (Wildman–Crippen MR) is 93.2 cm³/mol. The molecule has 1 aliphatic heterocycles. The summed E-state index contributed by atoms with van der Waals surface area (Å²) in [5.41, 5.74) is 7.52. The standard InChI is InChI=1S/C19H15FN2S/c20-16-9-7-14(8-10-16)13-3-5-15(6-4-13)17-12-18(22-21-17)19-2-1-11-23-19/h1-11,18,22H,12H2. The van der Waals surface area contributed by atoms with Gasteiger partial charge in [-0.1, -0.05) is 42.5 Å². The number of nitrogens with one attached hydrogen (secondary N) is 1. The Labute approximate surface area is 138 Å². The number of halogens is 1. The second kappa shape index (κ2) is 5.97. The van der Waals surface area contributed by atoms with E-state index in [9.17, 15) is 4.39 Å². The van der Waals surface area contributed by atoms with Crippen LogP contribution in [0.15, 0.2) is 71.1 Å². The first-order valence-corrected chi connectivity index (χ1v) is 8.39. The van der Waals surface area contributed by atoms with Crippen LogP contribution in [0.2, 0.25) is 0 Å². The van der Waals surface area contributed by atoms with Crippen molar-refractivity contribution in [2.24, 2.45) is 5.10 Å². The average molecular weight is 322 g/mol. The van der Waals surface area contributed by atoms with Crippen LogP contribution in [0, 0.1) is 5.82 Å². The van der Waals surface area contributed by atoms with Crippen molar-refractivity contribution in [2.45, 2.75) is 12.5 Å². The third kappa shape index (κ3) is 2.90. The molecule has 2 aromatic carbocycles. The first kappa shape index (κ1) is 14.2. The Kier molecular flexibility index (Phi) is 3.67. The van der Waals surface area contributed by atoms with Gasteiger partial charge >= 0.3 is 0 Å². The van der Waals surface area contributed by atoms with Gasteiger partial charge in [0.15, 0.2) is 0 Å². The van der Waals surface area contributed by atoms with Crippen molar-refractivity contribution >= 4 is 17.0 Å². The summed E-state index contributed by atoms with van der Waals surface area (Å²) in [4.78, 5) is 1.31. The van der Waals surface area contributed by atoms with E-state index in [1.165, 1.54) is 17.0 Å². The fourth-order valence-corrected chi connectivity index (χ4v) is 3.55. The van der Waals surface area contributed by atoms with Crippen LogP contribution in [-0.4, -0.2) is 5.71 Å². The molecule has 0 spiro atoms. The highest BCUT2D eigenvalue weighted by molar-refractivity contribution is 7.10. The Morgan fingerprint density at radius 1 is 0.913 bits per heavy atom. The number of nitrogens with zero attached hydrogens (tertiary/aromatic N) is 1. The molecule has 0 aliphatic carbocycles. The van der Waals surface area contributed by atoms with Gasteiger partial charge in [-0.2, -0.15) is 5.10 Å². The summed E-state index contributed by atoms with van der Waals surface area (Å²) >= 11 is 1.75. The molecular formula is C19H15FN2S. The minimum Gasteiger partial charge on any atom is -0.301 e. The van der Waals surface area contributed by atoms with Gasteiger partial charge in [-0.05, 0) is 40.3 Å². The molecule has 0 saturated heterocycles. The highest BCUT2D eigenvalue weighted by atomic mass is 32.1. The van der Waals surface area contributed by atoms with Crippen LogP contribution in [0.4, 0.5) is 4.39 Å². The summed E-state index contributed by atoms with van der Waals surface area (Å²) in [6, 6.07) is 19.3. The van der Waals surface area contributed by atoms with Crippen LogP contribution in [0.25, 0.3) is 11.1 Å². The minimum atomic E-state index is -0.212. The van der Waals surface area contributed by atoms with Gasteiger partial charge < -0.3 is 5.43 Å². The molecule has 0 amide bonds. The highest BCUT2D eigenvalue weighted by Gasteiger charge is 2.21. The molecule has 1 aliphatic rings. The Bertz CT molecular complexity index is 821. The molecule has 1 N–H and O–H groups in total. The SMILES string of the molecule is Fc1ccc(-c2ccc(C3=NNC(c4cccs4)C3)cc2)cc1. The first-order chi connectivity index (χ1) is 11.3. The van der Waals surface area contributed by atoms with Crippen molar-refractivity contribution < 1.29 is 4.39 Å². The molecule has 2 nitrogen and oxygen atoms in total. The Morgan fingerprint density at radius 2 is 1.57 bits per heavy atom. The van der Waals surface area contributed by atoms with E-state index < -0.39 is 0 Å². The van der Waals surface area contributed by atoms with Gasteiger partial charge in [-0.15, -0.1) is 11.3 Å². The molecule has 0 radical (unpaired) electrons. The fourth-order valence-electron chi connectivity index (χ4n) is 2.77. The average Bonchev–Trinajstić information content (AvgIpc) is 3.27. The van der Waals surface area contributed by atoms with E-state index in [0.717, 1.165) is 28.8 Å². The van der Waals surface area contributed by atoms with Gasteiger partial charge in [0.25, 0.3) is 0 Å². The predicted octanol–water partition coefficient (Wildman–Crippen LogP) is 4.99. The smallest absolute Gasteiger partial charge is 0.123 e. The maximum atomic E-state index is 13.0. The molecule has 2 heterocycles. The molecule has 0 fully saturated rings. The minimum absolute atomic E-state index is 0.212. The molecule has 23 heavy (non-hydrogen) atoms. The van der Waals surface area contributed by atoms with Crippen molar-refractivity contribution in [1.29, 1.82) is 0 Å². The largest absolute Gasteiger partial charge is 0.301 e. The van der Waals surface area contributed by atoms with Crippen molar-refractivity contribution in [1.82, 2.24) is 5.43 Å². The molecule has 4 heteroatoms. The summed E-state index contributed by atoms with van der Waals surface area (Å²) in [6.07, 6.45) is 0.899.